The molecule has 1 amide bonds. The summed E-state index contributed by atoms with van der Waals surface area (Å²) in [4.78, 5) is 18.5. The molecular weight excluding hydrogens is 322 g/mol. The minimum atomic E-state index is -0.216. The lowest BCUT2D eigenvalue weighted by Crippen LogP contribution is -2.47. The summed E-state index contributed by atoms with van der Waals surface area (Å²) in [5.74, 6) is 0.413. The van der Waals surface area contributed by atoms with Crippen LogP contribution in [0, 0.1) is 0 Å². The van der Waals surface area contributed by atoms with Gasteiger partial charge >= 0.3 is 0 Å². The van der Waals surface area contributed by atoms with Crippen LogP contribution in [0.3, 0.4) is 0 Å². The Hall–Kier alpha value is -1.13. The number of carbonyl (C=O) groups excluding carboxylic acids is 1. The number of rotatable bonds is 6. The molecule has 0 aromatic carbocycles. The van der Waals surface area contributed by atoms with E-state index >= 15 is 0 Å². The molecule has 2 nitrogen and oxygen atoms in total. The molecule has 2 aromatic heterocycles. The van der Waals surface area contributed by atoms with Crippen LogP contribution < -0.4 is 0 Å². The molecule has 4 rings (SSSR count). The highest BCUT2D eigenvalue weighted by atomic mass is 32.1. The highest BCUT2D eigenvalue weighted by Crippen LogP contribution is 2.46. The zero-order valence-corrected chi connectivity index (χ0v) is 15.0. The number of amides is 1. The molecule has 0 unspecified atom stereocenters. The molecule has 0 atom stereocenters. The molecule has 0 saturated heterocycles. The van der Waals surface area contributed by atoms with Crippen molar-refractivity contribution >= 4 is 28.6 Å². The quantitative estimate of drug-likeness (QED) is 0.732. The fraction of sp³-hybridized carbons (Fsp3) is 0.526. The molecule has 2 aliphatic rings. The van der Waals surface area contributed by atoms with Gasteiger partial charge in [-0.3, -0.25) is 4.79 Å². The molecule has 4 heteroatoms. The van der Waals surface area contributed by atoms with Gasteiger partial charge in [0.15, 0.2) is 0 Å². The normalized spacial score (nSPS) is 19.8. The zero-order valence-electron chi connectivity index (χ0n) is 13.4. The van der Waals surface area contributed by atoms with E-state index in [4.69, 9.17) is 0 Å². The monoisotopic (exact) mass is 345 g/mol. The molecule has 0 bridgehead atoms. The van der Waals surface area contributed by atoms with Crippen LogP contribution in [0.2, 0.25) is 0 Å². The molecule has 2 fully saturated rings. The first-order valence-electron chi connectivity index (χ1n) is 8.67. The van der Waals surface area contributed by atoms with Gasteiger partial charge in [-0.15, -0.1) is 22.7 Å². The molecule has 0 radical (unpaired) electrons. The molecule has 0 aliphatic heterocycles. The first-order valence-corrected chi connectivity index (χ1v) is 10.4. The Bertz CT molecular complexity index is 637. The third-order valence-corrected chi connectivity index (χ3v) is 7.30. The van der Waals surface area contributed by atoms with Crippen molar-refractivity contribution in [1.82, 2.24) is 4.90 Å². The van der Waals surface area contributed by atoms with E-state index in [9.17, 15) is 4.79 Å². The topological polar surface area (TPSA) is 20.3 Å². The Balaban J connectivity index is 1.56. The highest BCUT2D eigenvalue weighted by Gasteiger charge is 2.48. The van der Waals surface area contributed by atoms with Crippen molar-refractivity contribution in [2.45, 2.75) is 56.4 Å². The minimum absolute atomic E-state index is 0.216. The number of thiophene rings is 2. The summed E-state index contributed by atoms with van der Waals surface area (Å²) in [6.07, 6.45) is 7.83. The van der Waals surface area contributed by atoms with Crippen molar-refractivity contribution in [1.29, 1.82) is 0 Å². The maximum Gasteiger partial charge on any atom is 0.234 e. The van der Waals surface area contributed by atoms with Crippen LogP contribution in [0.1, 0.15) is 48.3 Å². The van der Waals surface area contributed by atoms with Gasteiger partial charge in [0.25, 0.3) is 0 Å². The highest BCUT2D eigenvalue weighted by molar-refractivity contribution is 7.10. The average Bonchev–Trinajstić information content (AvgIpc) is 3.07. The SMILES string of the molecule is O=C(N(CCc1cccs1)C1CC1)C1(c2cccs2)CCCC1. The smallest absolute Gasteiger partial charge is 0.234 e. The fourth-order valence-corrected chi connectivity index (χ4v) is 5.57. The molecule has 122 valence electrons. The average molecular weight is 346 g/mol. The number of nitrogens with zero attached hydrogens (tertiary/aromatic N) is 1. The molecular formula is C19H23NOS2. The van der Waals surface area contributed by atoms with E-state index in [-0.39, 0.29) is 5.41 Å². The lowest BCUT2D eigenvalue weighted by atomic mass is 9.82. The van der Waals surface area contributed by atoms with E-state index in [1.807, 2.05) is 0 Å². The van der Waals surface area contributed by atoms with Crippen molar-refractivity contribution in [3.8, 4) is 0 Å². The molecule has 2 saturated carbocycles. The second-order valence-electron chi connectivity index (χ2n) is 6.83. The van der Waals surface area contributed by atoms with Crippen molar-refractivity contribution in [3.05, 3.63) is 44.8 Å². The van der Waals surface area contributed by atoms with Gasteiger partial charge in [-0.2, -0.15) is 0 Å². The van der Waals surface area contributed by atoms with Crippen LogP contribution in [-0.2, 0) is 16.6 Å². The van der Waals surface area contributed by atoms with Crippen molar-refractivity contribution < 1.29 is 4.79 Å². The van der Waals surface area contributed by atoms with Crippen LogP contribution >= 0.6 is 22.7 Å². The minimum Gasteiger partial charge on any atom is -0.339 e. The summed E-state index contributed by atoms with van der Waals surface area (Å²) in [5.41, 5.74) is -0.216. The standard InChI is InChI=1S/C19H23NOS2/c21-18(19(10-1-2-11-19)17-6-4-14-23-17)20(15-7-8-15)12-9-16-5-3-13-22-16/h3-6,13-15H,1-2,7-12H2. The Morgan fingerprint density at radius 1 is 1.13 bits per heavy atom. The Labute approximate surface area is 146 Å². The van der Waals surface area contributed by atoms with Crippen LogP contribution in [0.5, 0.6) is 0 Å². The van der Waals surface area contributed by atoms with E-state index in [1.54, 1.807) is 22.7 Å². The lowest BCUT2D eigenvalue weighted by molar-refractivity contribution is -0.137. The molecule has 0 spiro atoms. The lowest BCUT2D eigenvalue weighted by Gasteiger charge is -2.34. The van der Waals surface area contributed by atoms with Gasteiger partial charge in [0.05, 0.1) is 5.41 Å². The van der Waals surface area contributed by atoms with Gasteiger partial charge < -0.3 is 4.90 Å². The summed E-state index contributed by atoms with van der Waals surface area (Å²) in [7, 11) is 0. The second-order valence-corrected chi connectivity index (χ2v) is 8.81. The first-order chi connectivity index (χ1) is 11.3. The van der Waals surface area contributed by atoms with E-state index in [2.05, 4.69) is 39.9 Å². The molecule has 23 heavy (non-hydrogen) atoms. The van der Waals surface area contributed by atoms with E-state index in [1.165, 1.54) is 35.4 Å². The third-order valence-electron chi connectivity index (χ3n) is 5.29. The van der Waals surface area contributed by atoms with Crippen molar-refractivity contribution in [2.24, 2.45) is 0 Å². The van der Waals surface area contributed by atoms with Gasteiger partial charge in [-0.05, 0) is 55.0 Å². The number of hydrogen-bond donors (Lipinski definition) is 0. The molecule has 2 heterocycles. The maximum absolute atomic E-state index is 13.5. The van der Waals surface area contributed by atoms with Gasteiger partial charge in [-0.1, -0.05) is 25.0 Å². The summed E-state index contributed by atoms with van der Waals surface area (Å²) in [6.45, 7) is 0.886. The fourth-order valence-electron chi connectivity index (χ4n) is 3.89. The van der Waals surface area contributed by atoms with Gasteiger partial charge in [0.2, 0.25) is 5.91 Å². The second kappa shape index (κ2) is 6.40. The van der Waals surface area contributed by atoms with Crippen molar-refractivity contribution in [2.75, 3.05) is 6.54 Å². The summed E-state index contributed by atoms with van der Waals surface area (Å²) >= 11 is 3.57. The van der Waals surface area contributed by atoms with Gasteiger partial charge in [0, 0.05) is 22.3 Å². The predicted molar refractivity (Wildman–Crippen MR) is 97.2 cm³/mol. The summed E-state index contributed by atoms with van der Waals surface area (Å²) < 4.78 is 0. The molecule has 2 aromatic rings. The number of hydrogen-bond acceptors (Lipinski definition) is 3. The van der Waals surface area contributed by atoms with Crippen LogP contribution in [0.15, 0.2) is 35.0 Å². The van der Waals surface area contributed by atoms with Crippen molar-refractivity contribution in [3.63, 3.8) is 0 Å². The van der Waals surface area contributed by atoms with E-state index in [0.29, 0.717) is 11.9 Å². The Morgan fingerprint density at radius 3 is 2.48 bits per heavy atom. The summed E-state index contributed by atoms with van der Waals surface area (Å²) in [6, 6.07) is 9.07. The van der Waals surface area contributed by atoms with Gasteiger partial charge in [-0.25, -0.2) is 0 Å². The van der Waals surface area contributed by atoms with Crippen LogP contribution in [0.25, 0.3) is 0 Å². The predicted octanol–water partition coefficient (Wildman–Crippen LogP) is 4.86. The molecule has 2 aliphatic carbocycles. The molecule has 0 N–H and O–H groups in total. The van der Waals surface area contributed by atoms with Crippen LogP contribution in [-0.4, -0.2) is 23.4 Å². The van der Waals surface area contributed by atoms with Gasteiger partial charge in [0.1, 0.15) is 0 Å². The van der Waals surface area contributed by atoms with E-state index < -0.39 is 0 Å². The Morgan fingerprint density at radius 2 is 1.87 bits per heavy atom. The first kappa shape index (κ1) is 15.4. The largest absolute Gasteiger partial charge is 0.339 e. The zero-order chi connectivity index (χ0) is 15.7. The van der Waals surface area contributed by atoms with E-state index in [0.717, 1.165) is 25.8 Å². The summed E-state index contributed by atoms with van der Waals surface area (Å²) in [5, 5.41) is 4.25. The number of carbonyl (C=O) groups is 1. The Kier molecular flexibility index (Phi) is 4.29. The third kappa shape index (κ3) is 2.99. The van der Waals surface area contributed by atoms with Crippen LogP contribution in [0.4, 0.5) is 0 Å². The maximum atomic E-state index is 13.5.